The minimum atomic E-state index is -0.314. The topological polar surface area (TPSA) is 40.5 Å². The standard InChI is InChI=1S/C13H18FNO2/c1-3-6-15(7-8-16)13(17)11-4-5-12(14)10(2)9-11/h4-5,9,16H,3,6-8H2,1-2H3. The van der Waals surface area contributed by atoms with Crippen LogP contribution in [0.3, 0.4) is 0 Å². The molecule has 1 aromatic carbocycles. The van der Waals surface area contributed by atoms with Gasteiger partial charge in [-0.15, -0.1) is 0 Å². The van der Waals surface area contributed by atoms with Gasteiger partial charge < -0.3 is 10.0 Å². The number of aryl methyl sites for hydroxylation is 1. The highest BCUT2D eigenvalue weighted by Crippen LogP contribution is 2.11. The second-order valence-electron chi connectivity index (χ2n) is 3.98. The van der Waals surface area contributed by atoms with Crippen LogP contribution in [0.25, 0.3) is 0 Å². The molecule has 1 rings (SSSR count). The Morgan fingerprint density at radius 1 is 1.41 bits per heavy atom. The third-order valence-corrected chi connectivity index (χ3v) is 2.56. The smallest absolute Gasteiger partial charge is 0.253 e. The molecule has 0 saturated carbocycles. The average Bonchev–Trinajstić information content (AvgIpc) is 2.31. The molecule has 3 nitrogen and oxygen atoms in total. The van der Waals surface area contributed by atoms with Gasteiger partial charge in [0.15, 0.2) is 0 Å². The molecule has 1 N–H and O–H groups in total. The van der Waals surface area contributed by atoms with Gasteiger partial charge in [0.25, 0.3) is 5.91 Å². The molecule has 94 valence electrons. The number of halogens is 1. The van der Waals surface area contributed by atoms with E-state index in [9.17, 15) is 9.18 Å². The van der Waals surface area contributed by atoms with Crippen molar-refractivity contribution in [2.45, 2.75) is 20.3 Å². The van der Waals surface area contributed by atoms with Gasteiger partial charge in [-0.05, 0) is 37.1 Å². The maximum absolute atomic E-state index is 13.1. The Hall–Kier alpha value is -1.42. The van der Waals surface area contributed by atoms with Crippen molar-refractivity contribution in [1.82, 2.24) is 4.90 Å². The number of rotatable bonds is 5. The Morgan fingerprint density at radius 3 is 2.65 bits per heavy atom. The molecule has 4 heteroatoms. The van der Waals surface area contributed by atoms with E-state index in [4.69, 9.17) is 5.11 Å². The van der Waals surface area contributed by atoms with Gasteiger partial charge in [-0.25, -0.2) is 4.39 Å². The molecule has 0 radical (unpaired) electrons. The maximum Gasteiger partial charge on any atom is 0.253 e. The van der Waals surface area contributed by atoms with Crippen LogP contribution in [0.2, 0.25) is 0 Å². The zero-order valence-corrected chi connectivity index (χ0v) is 10.2. The van der Waals surface area contributed by atoms with Crippen molar-refractivity contribution in [2.75, 3.05) is 19.7 Å². The first-order chi connectivity index (χ1) is 8.10. The van der Waals surface area contributed by atoms with E-state index in [1.54, 1.807) is 11.8 Å². The summed E-state index contributed by atoms with van der Waals surface area (Å²) in [5.74, 6) is -0.477. The highest BCUT2D eigenvalue weighted by Gasteiger charge is 2.15. The van der Waals surface area contributed by atoms with Gasteiger partial charge in [-0.3, -0.25) is 4.79 Å². The summed E-state index contributed by atoms with van der Waals surface area (Å²) in [5.41, 5.74) is 0.919. The number of aliphatic hydroxyl groups is 1. The second kappa shape index (κ2) is 6.35. The average molecular weight is 239 g/mol. The Labute approximate surface area is 101 Å². The summed E-state index contributed by atoms with van der Waals surface area (Å²) in [4.78, 5) is 13.7. The number of aliphatic hydroxyl groups excluding tert-OH is 1. The summed E-state index contributed by atoms with van der Waals surface area (Å²) < 4.78 is 13.1. The largest absolute Gasteiger partial charge is 0.395 e. The Balaban J connectivity index is 2.88. The van der Waals surface area contributed by atoms with Crippen LogP contribution in [0.4, 0.5) is 4.39 Å². The summed E-state index contributed by atoms with van der Waals surface area (Å²) in [6.45, 7) is 4.43. The van der Waals surface area contributed by atoms with Gasteiger partial charge in [0.2, 0.25) is 0 Å². The van der Waals surface area contributed by atoms with E-state index in [0.717, 1.165) is 6.42 Å². The van der Waals surface area contributed by atoms with E-state index in [1.165, 1.54) is 18.2 Å². The lowest BCUT2D eigenvalue weighted by Gasteiger charge is -2.21. The lowest BCUT2D eigenvalue weighted by atomic mass is 10.1. The van der Waals surface area contributed by atoms with Crippen LogP contribution in [-0.2, 0) is 0 Å². The van der Waals surface area contributed by atoms with Crippen LogP contribution in [0, 0.1) is 12.7 Å². The van der Waals surface area contributed by atoms with Crippen molar-refractivity contribution in [3.05, 3.63) is 35.1 Å². The van der Waals surface area contributed by atoms with E-state index in [2.05, 4.69) is 0 Å². The lowest BCUT2D eigenvalue weighted by Crippen LogP contribution is -2.34. The molecule has 0 fully saturated rings. The first-order valence-electron chi connectivity index (χ1n) is 5.76. The summed E-state index contributed by atoms with van der Waals surface area (Å²) in [6.07, 6.45) is 0.825. The predicted octanol–water partition coefficient (Wildman–Crippen LogP) is 1.98. The highest BCUT2D eigenvalue weighted by molar-refractivity contribution is 5.94. The van der Waals surface area contributed by atoms with E-state index in [0.29, 0.717) is 24.2 Å². The summed E-state index contributed by atoms with van der Waals surface area (Å²) >= 11 is 0. The first-order valence-corrected chi connectivity index (χ1v) is 5.76. The third-order valence-electron chi connectivity index (χ3n) is 2.56. The second-order valence-corrected chi connectivity index (χ2v) is 3.98. The molecule has 0 bridgehead atoms. The van der Waals surface area contributed by atoms with Crippen LogP contribution in [-0.4, -0.2) is 35.6 Å². The number of hydrogen-bond acceptors (Lipinski definition) is 2. The monoisotopic (exact) mass is 239 g/mol. The van der Waals surface area contributed by atoms with Gasteiger partial charge in [0, 0.05) is 18.7 Å². The van der Waals surface area contributed by atoms with Gasteiger partial charge >= 0.3 is 0 Å². The molecule has 0 aliphatic rings. The van der Waals surface area contributed by atoms with E-state index in [1.807, 2.05) is 6.92 Å². The minimum absolute atomic E-state index is 0.0636. The van der Waals surface area contributed by atoms with Crippen molar-refractivity contribution in [1.29, 1.82) is 0 Å². The molecule has 0 aliphatic carbocycles. The van der Waals surface area contributed by atoms with E-state index in [-0.39, 0.29) is 18.3 Å². The van der Waals surface area contributed by atoms with Crippen LogP contribution in [0.5, 0.6) is 0 Å². The molecule has 1 amide bonds. The number of nitrogens with zero attached hydrogens (tertiary/aromatic N) is 1. The van der Waals surface area contributed by atoms with Crippen molar-refractivity contribution < 1.29 is 14.3 Å². The van der Waals surface area contributed by atoms with Crippen molar-refractivity contribution >= 4 is 5.91 Å². The Morgan fingerprint density at radius 2 is 2.12 bits per heavy atom. The summed E-state index contributed by atoms with van der Waals surface area (Å²) in [6, 6.07) is 4.31. The Bertz CT molecular complexity index is 387. The molecule has 1 aromatic rings. The number of carbonyl (C=O) groups is 1. The van der Waals surface area contributed by atoms with E-state index < -0.39 is 0 Å². The number of amides is 1. The zero-order chi connectivity index (χ0) is 12.8. The normalized spacial score (nSPS) is 10.4. The summed E-state index contributed by atoms with van der Waals surface area (Å²) in [5, 5.41) is 8.90. The molecular formula is C13H18FNO2. The lowest BCUT2D eigenvalue weighted by molar-refractivity contribution is 0.0722. The molecule has 0 heterocycles. The van der Waals surface area contributed by atoms with Crippen LogP contribution >= 0.6 is 0 Å². The fourth-order valence-electron chi connectivity index (χ4n) is 1.67. The maximum atomic E-state index is 13.1. The van der Waals surface area contributed by atoms with Gasteiger partial charge in [-0.2, -0.15) is 0 Å². The van der Waals surface area contributed by atoms with Gasteiger partial charge in [0.05, 0.1) is 6.61 Å². The van der Waals surface area contributed by atoms with Gasteiger partial charge in [0.1, 0.15) is 5.82 Å². The van der Waals surface area contributed by atoms with Crippen LogP contribution < -0.4 is 0 Å². The number of benzene rings is 1. The molecule has 0 spiro atoms. The minimum Gasteiger partial charge on any atom is -0.395 e. The summed E-state index contributed by atoms with van der Waals surface area (Å²) in [7, 11) is 0. The van der Waals surface area contributed by atoms with Crippen molar-refractivity contribution in [3.63, 3.8) is 0 Å². The molecule has 0 saturated heterocycles. The fraction of sp³-hybridized carbons (Fsp3) is 0.462. The predicted molar refractivity (Wildman–Crippen MR) is 64.4 cm³/mol. The molecule has 0 atom stereocenters. The molecule has 0 aromatic heterocycles. The SMILES string of the molecule is CCCN(CCO)C(=O)c1ccc(F)c(C)c1. The molecule has 0 unspecified atom stereocenters. The van der Waals surface area contributed by atoms with Crippen molar-refractivity contribution in [3.8, 4) is 0 Å². The first kappa shape index (κ1) is 13.6. The zero-order valence-electron chi connectivity index (χ0n) is 10.2. The van der Waals surface area contributed by atoms with Gasteiger partial charge in [-0.1, -0.05) is 6.92 Å². The number of carbonyl (C=O) groups excluding carboxylic acids is 1. The van der Waals surface area contributed by atoms with E-state index >= 15 is 0 Å². The molecule has 17 heavy (non-hydrogen) atoms. The van der Waals surface area contributed by atoms with Crippen molar-refractivity contribution in [2.24, 2.45) is 0 Å². The van der Waals surface area contributed by atoms with Crippen LogP contribution in [0.15, 0.2) is 18.2 Å². The third kappa shape index (κ3) is 3.53. The molecule has 0 aliphatic heterocycles. The van der Waals surface area contributed by atoms with Crippen LogP contribution in [0.1, 0.15) is 29.3 Å². The highest BCUT2D eigenvalue weighted by atomic mass is 19.1. The fourth-order valence-corrected chi connectivity index (χ4v) is 1.67. The quantitative estimate of drug-likeness (QED) is 0.853. The number of hydrogen-bond donors (Lipinski definition) is 1. The molecular weight excluding hydrogens is 221 g/mol. The Kier molecular flexibility index (Phi) is 5.10.